The van der Waals surface area contributed by atoms with Gasteiger partial charge in [0.15, 0.2) is 0 Å². The molecule has 0 N–H and O–H groups in total. The van der Waals surface area contributed by atoms with Crippen molar-refractivity contribution in [2.75, 3.05) is 0 Å². The fraction of sp³-hybridized carbons (Fsp3) is 0. The minimum Gasteiger partial charge on any atom is -0.309 e. The van der Waals surface area contributed by atoms with Crippen molar-refractivity contribution in [3.63, 3.8) is 0 Å². The van der Waals surface area contributed by atoms with Gasteiger partial charge in [0.05, 0.1) is 56.0 Å². The largest absolute Gasteiger partial charge is 0.309 e. The second-order valence-corrected chi connectivity index (χ2v) is 14.0. The molecule has 55 heavy (non-hydrogen) atoms. The van der Waals surface area contributed by atoms with Crippen LogP contribution in [0.1, 0.15) is 11.1 Å². The van der Waals surface area contributed by atoms with Crippen LogP contribution in [0.25, 0.3) is 93.6 Å². The number of aromatic nitrogens is 3. The molecule has 8 aromatic carbocycles. The zero-order valence-corrected chi connectivity index (χ0v) is 29.5. The lowest BCUT2D eigenvalue weighted by molar-refractivity contribution is 1.16. The lowest BCUT2D eigenvalue weighted by Gasteiger charge is -2.13. The molecule has 0 bridgehead atoms. The quantitative estimate of drug-likeness (QED) is 0.184. The molecule has 0 spiro atoms. The Labute approximate surface area is 316 Å². The van der Waals surface area contributed by atoms with E-state index in [2.05, 4.69) is 190 Å². The van der Waals surface area contributed by atoms with E-state index in [4.69, 9.17) is 0 Å². The summed E-state index contributed by atoms with van der Waals surface area (Å²) < 4.78 is 6.70. The number of fused-ring (bicyclic) bond motifs is 9. The number of nitriles is 2. The highest BCUT2D eigenvalue weighted by molar-refractivity contribution is 6.13. The molecule has 5 nitrogen and oxygen atoms in total. The molecule has 0 aliphatic rings. The first-order chi connectivity index (χ1) is 27.2. The summed E-state index contributed by atoms with van der Waals surface area (Å²) in [6, 6.07) is 65.8. The van der Waals surface area contributed by atoms with Gasteiger partial charge in [0.1, 0.15) is 6.07 Å². The van der Waals surface area contributed by atoms with Gasteiger partial charge in [-0.05, 0) is 77.9 Å². The van der Waals surface area contributed by atoms with E-state index in [0.29, 0.717) is 11.1 Å². The number of rotatable bonds is 4. The second-order valence-electron chi connectivity index (χ2n) is 14.0. The highest BCUT2D eigenvalue weighted by atomic mass is 15.0. The molecule has 0 saturated carbocycles. The Balaban J connectivity index is 1.05. The topological polar surface area (TPSA) is 62.4 Å². The standard InChI is InChI=1S/C50H29N5/c51-30-33-27-36(54-44-16-6-1-11-38(44)39-12-2-7-17-45(39)54)25-26-37(33)32-21-23-35(24-22-32)53-46-18-8-5-15-42(46)43-29-49(34(31-52)28-50(43)53)55-47-19-9-3-13-40(47)41-14-4-10-20-48(41)55/h1-29H. The predicted molar refractivity (Wildman–Crippen MR) is 224 cm³/mol. The summed E-state index contributed by atoms with van der Waals surface area (Å²) in [4.78, 5) is 0. The van der Waals surface area contributed by atoms with Crippen LogP contribution in [-0.4, -0.2) is 13.7 Å². The Morgan fingerprint density at radius 2 is 0.745 bits per heavy atom. The minimum absolute atomic E-state index is 0.599. The number of benzene rings is 8. The fourth-order valence-electron chi connectivity index (χ4n) is 8.74. The van der Waals surface area contributed by atoms with E-state index in [-0.39, 0.29) is 0 Å². The van der Waals surface area contributed by atoms with Gasteiger partial charge in [-0.3, -0.25) is 0 Å². The second kappa shape index (κ2) is 11.8. The molecule has 0 atom stereocenters. The summed E-state index contributed by atoms with van der Waals surface area (Å²) in [7, 11) is 0. The normalized spacial score (nSPS) is 11.6. The third kappa shape index (κ3) is 4.45. The van der Waals surface area contributed by atoms with Gasteiger partial charge in [0.2, 0.25) is 0 Å². The van der Waals surface area contributed by atoms with E-state index in [9.17, 15) is 10.5 Å². The zero-order chi connectivity index (χ0) is 36.6. The fourth-order valence-corrected chi connectivity index (χ4v) is 8.74. The Morgan fingerprint density at radius 1 is 0.327 bits per heavy atom. The molecular formula is C50H29N5. The molecular weight excluding hydrogens is 671 g/mol. The van der Waals surface area contributed by atoms with Crippen molar-refractivity contribution >= 4 is 65.4 Å². The van der Waals surface area contributed by atoms with E-state index in [1.165, 1.54) is 10.8 Å². The molecule has 0 saturated heterocycles. The zero-order valence-electron chi connectivity index (χ0n) is 29.5. The van der Waals surface area contributed by atoms with Crippen molar-refractivity contribution in [2.24, 2.45) is 0 Å². The van der Waals surface area contributed by atoms with Gasteiger partial charge in [-0.1, -0.05) is 109 Å². The maximum absolute atomic E-state index is 10.7. The average molecular weight is 700 g/mol. The highest BCUT2D eigenvalue weighted by Gasteiger charge is 2.20. The third-order valence-electron chi connectivity index (χ3n) is 11.1. The molecule has 11 rings (SSSR count). The summed E-state index contributed by atoms with van der Waals surface area (Å²) in [6.45, 7) is 0. The molecule has 254 valence electrons. The Hall–Kier alpha value is -7.86. The number of nitrogens with zero attached hydrogens (tertiary/aromatic N) is 5. The number of para-hydroxylation sites is 5. The Bertz CT molecular complexity index is 3350. The van der Waals surface area contributed by atoms with Crippen LogP contribution in [0.4, 0.5) is 0 Å². The third-order valence-corrected chi connectivity index (χ3v) is 11.1. The van der Waals surface area contributed by atoms with Crippen LogP contribution in [0.5, 0.6) is 0 Å². The SMILES string of the molecule is N#Cc1cc(-n2c3ccccc3c3ccccc32)ccc1-c1ccc(-n2c3ccccc3c3cc(-n4c5ccccc5c5ccccc54)c(C#N)cc32)cc1. The summed E-state index contributed by atoms with van der Waals surface area (Å²) >= 11 is 0. The maximum Gasteiger partial charge on any atom is 0.101 e. The lowest BCUT2D eigenvalue weighted by atomic mass is 9.99. The molecule has 0 unspecified atom stereocenters. The van der Waals surface area contributed by atoms with Crippen molar-refractivity contribution < 1.29 is 0 Å². The van der Waals surface area contributed by atoms with Crippen LogP contribution in [-0.2, 0) is 0 Å². The number of hydrogen-bond acceptors (Lipinski definition) is 2. The maximum atomic E-state index is 10.7. The average Bonchev–Trinajstić information content (AvgIpc) is 3.88. The molecule has 3 heterocycles. The van der Waals surface area contributed by atoms with Crippen molar-refractivity contribution in [3.05, 3.63) is 187 Å². The van der Waals surface area contributed by atoms with Gasteiger partial charge in [0, 0.05) is 43.7 Å². The highest BCUT2D eigenvalue weighted by Crippen LogP contribution is 2.39. The summed E-state index contributed by atoms with van der Waals surface area (Å²) in [5.74, 6) is 0. The molecule has 3 aromatic heterocycles. The molecule has 5 heteroatoms. The first kappa shape index (κ1) is 30.7. The van der Waals surface area contributed by atoms with Gasteiger partial charge < -0.3 is 13.7 Å². The van der Waals surface area contributed by atoms with Crippen LogP contribution < -0.4 is 0 Å². The van der Waals surface area contributed by atoms with Crippen LogP contribution >= 0.6 is 0 Å². The number of hydrogen-bond donors (Lipinski definition) is 0. The van der Waals surface area contributed by atoms with Crippen molar-refractivity contribution in [1.29, 1.82) is 10.5 Å². The van der Waals surface area contributed by atoms with E-state index in [1.54, 1.807) is 0 Å². The van der Waals surface area contributed by atoms with Gasteiger partial charge in [-0.2, -0.15) is 10.5 Å². The monoisotopic (exact) mass is 699 g/mol. The molecule has 0 fully saturated rings. The van der Waals surface area contributed by atoms with Gasteiger partial charge >= 0.3 is 0 Å². The first-order valence-corrected chi connectivity index (χ1v) is 18.3. The summed E-state index contributed by atoms with van der Waals surface area (Å²) in [5.41, 5.74) is 12.2. The smallest absolute Gasteiger partial charge is 0.101 e. The van der Waals surface area contributed by atoms with Crippen LogP contribution in [0.2, 0.25) is 0 Å². The Morgan fingerprint density at radius 3 is 1.24 bits per heavy atom. The first-order valence-electron chi connectivity index (χ1n) is 18.3. The van der Waals surface area contributed by atoms with Crippen LogP contribution in [0.15, 0.2) is 176 Å². The van der Waals surface area contributed by atoms with E-state index < -0.39 is 0 Å². The van der Waals surface area contributed by atoms with Crippen molar-refractivity contribution in [2.45, 2.75) is 0 Å². The van der Waals surface area contributed by atoms with E-state index >= 15 is 0 Å². The molecule has 0 amide bonds. The van der Waals surface area contributed by atoms with Crippen LogP contribution in [0.3, 0.4) is 0 Å². The molecule has 0 aliphatic heterocycles. The van der Waals surface area contributed by atoms with Crippen molar-refractivity contribution in [3.8, 4) is 40.3 Å². The molecule has 11 aromatic rings. The van der Waals surface area contributed by atoms with Gasteiger partial charge in [-0.25, -0.2) is 0 Å². The van der Waals surface area contributed by atoms with Crippen LogP contribution in [0, 0.1) is 22.7 Å². The minimum atomic E-state index is 0.599. The van der Waals surface area contributed by atoms with Gasteiger partial charge in [0.25, 0.3) is 0 Å². The summed E-state index contributed by atoms with van der Waals surface area (Å²) in [6.07, 6.45) is 0. The Kier molecular flexibility index (Phi) is 6.61. The predicted octanol–water partition coefficient (Wildman–Crippen LogP) is 12.4. The van der Waals surface area contributed by atoms with Gasteiger partial charge in [-0.15, -0.1) is 0 Å². The van der Waals surface area contributed by atoms with E-state index in [1.807, 2.05) is 12.1 Å². The molecule has 0 aliphatic carbocycles. The summed E-state index contributed by atoms with van der Waals surface area (Å²) in [5, 5.41) is 28.0. The van der Waals surface area contributed by atoms with Crippen molar-refractivity contribution in [1.82, 2.24) is 13.7 Å². The van der Waals surface area contributed by atoms with E-state index in [0.717, 1.165) is 82.8 Å². The lowest BCUT2D eigenvalue weighted by Crippen LogP contribution is -1.99. The molecule has 0 radical (unpaired) electrons.